The number of likely N-dealkylation sites (tertiary alicyclic amines) is 1. The fourth-order valence-corrected chi connectivity index (χ4v) is 2.28. The molecule has 1 aliphatic heterocycles. The van der Waals surface area contributed by atoms with E-state index in [1.165, 1.54) is 0 Å². The number of hydrogen-bond acceptors (Lipinski definition) is 3. The van der Waals surface area contributed by atoms with Crippen molar-refractivity contribution in [2.24, 2.45) is 11.8 Å². The Bertz CT molecular complexity index is 297. The van der Waals surface area contributed by atoms with Crippen molar-refractivity contribution < 1.29 is 9.59 Å². The third-order valence-corrected chi connectivity index (χ3v) is 3.57. The molecule has 19 heavy (non-hydrogen) atoms. The number of nitrogens with one attached hydrogen (secondary N) is 2. The first-order valence-electron chi connectivity index (χ1n) is 7.24. The van der Waals surface area contributed by atoms with Crippen LogP contribution in [0.25, 0.3) is 0 Å². The highest BCUT2D eigenvalue weighted by molar-refractivity contribution is 5.80. The first kappa shape index (κ1) is 16.0. The second-order valence-electron chi connectivity index (χ2n) is 5.66. The average Bonchev–Trinajstić information content (AvgIpc) is 2.38. The van der Waals surface area contributed by atoms with Crippen LogP contribution < -0.4 is 10.6 Å². The van der Waals surface area contributed by atoms with E-state index in [2.05, 4.69) is 24.5 Å². The minimum atomic E-state index is 0.0748. The molecule has 0 spiro atoms. The standard InChI is InChI=1S/C14H27N3O2/c1-11(2)4-7-16-14(19)12-5-8-17(9-6-12)13(18)10-15-3/h11-12,15H,4-10H2,1-3H3,(H,16,19). The third kappa shape index (κ3) is 5.59. The fourth-order valence-electron chi connectivity index (χ4n) is 2.28. The van der Waals surface area contributed by atoms with Gasteiger partial charge in [-0.2, -0.15) is 0 Å². The van der Waals surface area contributed by atoms with Gasteiger partial charge in [-0.05, 0) is 32.2 Å². The lowest BCUT2D eigenvalue weighted by atomic mass is 9.95. The number of likely N-dealkylation sites (N-methyl/N-ethyl adjacent to an activating group) is 1. The van der Waals surface area contributed by atoms with E-state index in [1.807, 2.05) is 4.90 Å². The van der Waals surface area contributed by atoms with Crippen LogP contribution in [-0.4, -0.2) is 49.9 Å². The van der Waals surface area contributed by atoms with Crippen LogP contribution in [0.5, 0.6) is 0 Å². The van der Waals surface area contributed by atoms with Crippen LogP contribution >= 0.6 is 0 Å². The molecule has 2 N–H and O–H groups in total. The molecule has 0 bridgehead atoms. The average molecular weight is 269 g/mol. The van der Waals surface area contributed by atoms with E-state index in [-0.39, 0.29) is 17.7 Å². The van der Waals surface area contributed by atoms with Gasteiger partial charge < -0.3 is 15.5 Å². The first-order chi connectivity index (χ1) is 9.04. The summed E-state index contributed by atoms with van der Waals surface area (Å²) in [5.74, 6) is 0.967. The molecule has 5 heteroatoms. The molecule has 5 nitrogen and oxygen atoms in total. The summed E-state index contributed by atoms with van der Waals surface area (Å²) < 4.78 is 0. The van der Waals surface area contributed by atoms with Crippen molar-refractivity contribution in [3.63, 3.8) is 0 Å². The van der Waals surface area contributed by atoms with Gasteiger partial charge in [0, 0.05) is 25.6 Å². The van der Waals surface area contributed by atoms with Gasteiger partial charge in [0.05, 0.1) is 6.54 Å². The Morgan fingerprint density at radius 1 is 1.26 bits per heavy atom. The highest BCUT2D eigenvalue weighted by Crippen LogP contribution is 2.17. The van der Waals surface area contributed by atoms with Crippen LogP contribution in [0.4, 0.5) is 0 Å². The third-order valence-electron chi connectivity index (χ3n) is 3.57. The molecule has 0 aliphatic carbocycles. The zero-order chi connectivity index (χ0) is 14.3. The zero-order valence-electron chi connectivity index (χ0n) is 12.4. The van der Waals surface area contributed by atoms with Crippen molar-refractivity contribution in [1.82, 2.24) is 15.5 Å². The molecule has 0 unspecified atom stereocenters. The Labute approximate surface area is 116 Å². The van der Waals surface area contributed by atoms with E-state index in [9.17, 15) is 9.59 Å². The largest absolute Gasteiger partial charge is 0.356 e. The normalized spacial score (nSPS) is 16.7. The molecular weight excluding hydrogens is 242 g/mol. The Hall–Kier alpha value is -1.10. The molecule has 1 saturated heterocycles. The van der Waals surface area contributed by atoms with E-state index in [1.54, 1.807) is 7.05 Å². The lowest BCUT2D eigenvalue weighted by Gasteiger charge is -2.31. The van der Waals surface area contributed by atoms with Crippen LogP contribution in [0.15, 0.2) is 0 Å². The minimum absolute atomic E-state index is 0.0748. The van der Waals surface area contributed by atoms with E-state index in [0.29, 0.717) is 25.6 Å². The highest BCUT2D eigenvalue weighted by atomic mass is 16.2. The fraction of sp³-hybridized carbons (Fsp3) is 0.857. The van der Waals surface area contributed by atoms with Crippen molar-refractivity contribution in [1.29, 1.82) is 0 Å². The molecule has 1 fully saturated rings. The Kier molecular flexibility index (Phi) is 6.84. The van der Waals surface area contributed by atoms with Gasteiger partial charge in [-0.1, -0.05) is 13.8 Å². The summed E-state index contributed by atoms with van der Waals surface area (Å²) in [4.78, 5) is 25.5. The lowest BCUT2D eigenvalue weighted by Crippen LogP contribution is -2.45. The van der Waals surface area contributed by atoms with Gasteiger partial charge in [0.1, 0.15) is 0 Å². The molecule has 110 valence electrons. The smallest absolute Gasteiger partial charge is 0.236 e. The van der Waals surface area contributed by atoms with E-state index in [4.69, 9.17) is 0 Å². The Morgan fingerprint density at radius 2 is 1.89 bits per heavy atom. The van der Waals surface area contributed by atoms with Crippen LogP contribution in [-0.2, 0) is 9.59 Å². The Balaban J connectivity index is 2.25. The Morgan fingerprint density at radius 3 is 2.42 bits per heavy atom. The monoisotopic (exact) mass is 269 g/mol. The molecule has 0 saturated carbocycles. The van der Waals surface area contributed by atoms with E-state index in [0.717, 1.165) is 25.8 Å². The first-order valence-corrected chi connectivity index (χ1v) is 7.24. The van der Waals surface area contributed by atoms with Crippen LogP contribution in [0.1, 0.15) is 33.1 Å². The van der Waals surface area contributed by atoms with Crippen molar-refractivity contribution in [2.45, 2.75) is 33.1 Å². The molecule has 0 aromatic carbocycles. The van der Waals surface area contributed by atoms with Gasteiger partial charge in [0.2, 0.25) is 11.8 Å². The molecule has 0 aromatic heterocycles. The molecule has 1 aliphatic rings. The summed E-state index contributed by atoms with van der Waals surface area (Å²) in [6.45, 7) is 6.84. The van der Waals surface area contributed by atoms with Crippen molar-refractivity contribution in [3.8, 4) is 0 Å². The van der Waals surface area contributed by atoms with Crippen molar-refractivity contribution in [3.05, 3.63) is 0 Å². The number of nitrogens with zero attached hydrogens (tertiary/aromatic N) is 1. The van der Waals surface area contributed by atoms with Crippen molar-refractivity contribution in [2.75, 3.05) is 33.2 Å². The molecule has 1 heterocycles. The summed E-state index contributed by atoms with van der Waals surface area (Å²) in [5, 5.41) is 5.86. The summed E-state index contributed by atoms with van der Waals surface area (Å²) >= 11 is 0. The second-order valence-corrected chi connectivity index (χ2v) is 5.66. The highest BCUT2D eigenvalue weighted by Gasteiger charge is 2.26. The SMILES string of the molecule is CNCC(=O)N1CCC(C(=O)NCCC(C)C)CC1. The summed E-state index contributed by atoms with van der Waals surface area (Å²) in [6.07, 6.45) is 2.58. The quantitative estimate of drug-likeness (QED) is 0.742. The lowest BCUT2D eigenvalue weighted by molar-refractivity contribution is -0.134. The number of hydrogen-bond donors (Lipinski definition) is 2. The van der Waals surface area contributed by atoms with Crippen molar-refractivity contribution >= 4 is 11.8 Å². The zero-order valence-corrected chi connectivity index (χ0v) is 12.4. The van der Waals surface area contributed by atoms with E-state index >= 15 is 0 Å². The molecule has 1 rings (SSSR count). The summed E-state index contributed by atoms with van der Waals surface area (Å²) in [7, 11) is 1.77. The maximum absolute atomic E-state index is 12.0. The summed E-state index contributed by atoms with van der Waals surface area (Å²) in [5.41, 5.74) is 0. The topological polar surface area (TPSA) is 61.4 Å². The van der Waals surface area contributed by atoms with Gasteiger partial charge in [-0.15, -0.1) is 0 Å². The predicted octanol–water partition coefficient (Wildman–Crippen LogP) is 0.607. The van der Waals surface area contributed by atoms with Gasteiger partial charge >= 0.3 is 0 Å². The van der Waals surface area contributed by atoms with Crippen LogP contribution in [0.2, 0.25) is 0 Å². The molecule has 0 atom stereocenters. The number of piperidine rings is 1. The maximum atomic E-state index is 12.0. The van der Waals surface area contributed by atoms with Gasteiger partial charge in [-0.25, -0.2) is 0 Å². The van der Waals surface area contributed by atoms with Gasteiger partial charge in [0.15, 0.2) is 0 Å². The minimum Gasteiger partial charge on any atom is -0.356 e. The van der Waals surface area contributed by atoms with E-state index < -0.39 is 0 Å². The summed E-state index contributed by atoms with van der Waals surface area (Å²) in [6, 6.07) is 0. The predicted molar refractivity (Wildman–Crippen MR) is 75.7 cm³/mol. The molecular formula is C14H27N3O2. The number of carbonyl (C=O) groups is 2. The van der Waals surface area contributed by atoms with Gasteiger partial charge in [-0.3, -0.25) is 9.59 Å². The van der Waals surface area contributed by atoms with Gasteiger partial charge in [0.25, 0.3) is 0 Å². The molecule has 0 aromatic rings. The molecule has 2 amide bonds. The molecule has 0 radical (unpaired) electrons. The van der Waals surface area contributed by atoms with Crippen LogP contribution in [0, 0.1) is 11.8 Å². The maximum Gasteiger partial charge on any atom is 0.236 e. The number of rotatable bonds is 6. The van der Waals surface area contributed by atoms with Crippen LogP contribution in [0.3, 0.4) is 0 Å². The second kappa shape index (κ2) is 8.15. The number of amides is 2. The number of carbonyl (C=O) groups excluding carboxylic acids is 2.